The highest BCUT2D eigenvalue weighted by Crippen LogP contribution is 2.41. The Hall–Kier alpha value is -2.86. The zero-order valence-corrected chi connectivity index (χ0v) is 21.9. The lowest BCUT2D eigenvalue weighted by Crippen LogP contribution is -2.48. The van der Waals surface area contributed by atoms with Crippen LogP contribution in [0.3, 0.4) is 0 Å². The molecule has 6 nitrogen and oxygen atoms in total. The average Bonchev–Trinajstić information content (AvgIpc) is 2.86. The number of ether oxygens (including phenoxy) is 1. The highest BCUT2D eigenvalue weighted by molar-refractivity contribution is 5.85. The molecule has 0 saturated carbocycles. The van der Waals surface area contributed by atoms with E-state index >= 15 is 0 Å². The van der Waals surface area contributed by atoms with Crippen molar-refractivity contribution in [3.05, 3.63) is 65.2 Å². The summed E-state index contributed by atoms with van der Waals surface area (Å²) in [6.45, 7) is 8.42. The minimum Gasteiger partial charge on any atom is -0.496 e. The molecule has 0 radical (unpaired) electrons. The monoisotopic (exact) mass is 479 g/mol. The van der Waals surface area contributed by atoms with Crippen LogP contribution < -0.4 is 10.1 Å². The zero-order valence-electron chi connectivity index (χ0n) is 21.9. The van der Waals surface area contributed by atoms with Crippen LogP contribution in [-0.2, 0) is 22.7 Å². The van der Waals surface area contributed by atoms with E-state index in [1.54, 1.807) is 7.11 Å². The minimum absolute atomic E-state index is 0.0121. The van der Waals surface area contributed by atoms with Gasteiger partial charge in [0.2, 0.25) is 11.8 Å². The largest absolute Gasteiger partial charge is 0.496 e. The van der Waals surface area contributed by atoms with Gasteiger partial charge in [0.1, 0.15) is 5.75 Å². The first-order valence-corrected chi connectivity index (χ1v) is 12.8. The van der Waals surface area contributed by atoms with Gasteiger partial charge in [0.25, 0.3) is 0 Å². The molecule has 3 rings (SSSR count). The molecular weight excluding hydrogens is 438 g/mol. The molecule has 1 N–H and O–H groups in total. The van der Waals surface area contributed by atoms with Crippen molar-refractivity contribution in [2.24, 2.45) is 5.92 Å². The quantitative estimate of drug-likeness (QED) is 0.496. The van der Waals surface area contributed by atoms with Crippen LogP contribution in [0.5, 0.6) is 5.75 Å². The number of benzene rings is 2. The van der Waals surface area contributed by atoms with Crippen LogP contribution in [0, 0.1) is 5.92 Å². The van der Waals surface area contributed by atoms with E-state index in [4.69, 9.17) is 4.74 Å². The lowest BCUT2D eigenvalue weighted by Gasteiger charge is -2.41. The second-order valence-electron chi connectivity index (χ2n) is 9.77. The number of rotatable bonds is 11. The van der Waals surface area contributed by atoms with Gasteiger partial charge in [-0.2, -0.15) is 0 Å². The maximum atomic E-state index is 13.6. The standard InChI is InChI=1S/C29H41N3O3/c1-6-7-18-32-27(33)17-16-25(28(32)24-14-10-11-15-26(24)35-5)29(34)30-19-22-12-8-9-13-23(22)20-31(4)21(2)3/h8-15,21,25,28H,6-7,16-20H2,1-5H3,(H,30,34). The third-order valence-corrected chi connectivity index (χ3v) is 7.13. The van der Waals surface area contributed by atoms with Gasteiger partial charge in [-0.1, -0.05) is 55.8 Å². The number of amides is 2. The summed E-state index contributed by atoms with van der Waals surface area (Å²) in [5.41, 5.74) is 3.24. The summed E-state index contributed by atoms with van der Waals surface area (Å²) < 4.78 is 5.64. The number of carbonyl (C=O) groups excluding carboxylic acids is 2. The lowest BCUT2D eigenvalue weighted by atomic mass is 9.83. The number of hydrogen-bond donors (Lipinski definition) is 1. The predicted octanol–water partition coefficient (Wildman–Crippen LogP) is 4.93. The number of nitrogens with one attached hydrogen (secondary N) is 1. The van der Waals surface area contributed by atoms with Crippen LogP contribution in [-0.4, -0.2) is 48.4 Å². The first-order valence-electron chi connectivity index (χ1n) is 12.8. The summed E-state index contributed by atoms with van der Waals surface area (Å²) in [6, 6.07) is 16.1. The Morgan fingerprint density at radius 2 is 1.83 bits per heavy atom. The average molecular weight is 480 g/mol. The van der Waals surface area contributed by atoms with Gasteiger partial charge in [-0.05, 0) is 50.9 Å². The van der Waals surface area contributed by atoms with Gasteiger partial charge in [0.15, 0.2) is 0 Å². The Kier molecular flexibility index (Phi) is 9.73. The number of nitrogens with zero attached hydrogens (tertiary/aromatic N) is 2. The summed E-state index contributed by atoms with van der Waals surface area (Å²) in [7, 11) is 3.75. The fourth-order valence-corrected chi connectivity index (χ4v) is 4.76. The van der Waals surface area contributed by atoms with Crippen LogP contribution in [0.4, 0.5) is 0 Å². The smallest absolute Gasteiger partial charge is 0.225 e. The molecule has 0 bridgehead atoms. The number of likely N-dealkylation sites (tertiary alicyclic amines) is 1. The molecule has 1 aliphatic heterocycles. The zero-order chi connectivity index (χ0) is 25.4. The molecule has 1 saturated heterocycles. The Morgan fingerprint density at radius 1 is 1.14 bits per heavy atom. The van der Waals surface area contributed by atoms with E-state index in [1.807, 2.05) is 41.3 Å². The third kappa shape index (κ3) is 6.63. The number of para-hydroxylation sites is 1. The first kappa shape index (κ1) is 26.7. The summed E-state index contributed by atoms with van der Waals surface area (Å²) in [5.74, 6) is 0.488. The molecule has 190 valence electrons. The minimum atomic E-state index is -0.332. The van der Waals surface area contributed by atoms with Gasteiger partial charge >= 0.3 is 0 Å². The summed E-state index contributed by atoms with van der Waals surface area (Å²) in [5, 5.41) is 3.20. The molecule has 2 aromatic carbocycles. The normalized spacial score (nSPS) is 18.3. The van der Waals surface area contributed by atoms with Crippen molar-refractivity contribution in [2.45, 2.75) is 71.6 Å². The Morgan fingerprint density at radius 3 is 2.51 bits per heavy atom. The molecule has 2 unspecified atom stereocenters. The molecule has 1 fully saturated rings. The van der Waals surface area contributed by atoms with E-state index in [9.17, 15) is 9.59 Å². The SMILES string of the molecule is CCCCN1C(=O)CCC(C(=O)NCc2ccccc2CN(C)C(C)C)C1c1ccccc1OC. The van der Waals surface area contributed by atoms with Crippen molar-refractivity contribution >= 4 is 11.8 Å². The molecule has 1 heterocycles. The summed E-state index contributed by atoms with van der Waals surface area (Å²) in [6.07, 6.45) is 2.82. The fraction of sp³-hybridized carbons (Fsp3) is 0.517. The summed E-state index contributed by atoms with van der Waals surface area (Å²) >= 11 is 0. The van der Waals surface area contributed by atoms with Gasteiger partial charge in [-0.15, -0.1) is 0 Å². The molecule has 2 atom stereocenters. The van der Waals surface area contributed by atoms with Crippen LogP contribution in [0.15, 0.2) is 48.5 Å². The van der Waals surface area contributed by atoms with Crippen LogP contribution >= 0.6 is 0 Å². The van der Waals surface area contributed by atoms with E-state index in [0.29, 0.717) is 37.7 Å². The Bertz CT molecular complexity index is 991. The number of hydrogen-bond acceptors (Lipinski definition) is 4. The molecule has 0 spiro atoms. The molecule has 2 amide bonds. The van der Waals surface area contributed by atoms with Gasteiger partial charge in [0.05, 0.1) is 19.1 Å². The second-order valence-corrected chi connectivity index (χ2v) is 9.77. The maximum absolute atomic E-state index is 13.6. The molecule has 0 aliphatic carbocycles. The lowest BCUT2D eigenvalue weighted by molar-refractivity contribution is -0.143. The van der Waals surface area contributed by atoms with E-state index in [1.165, 1.54) is 5.56 Å². The number of unbranched alkanes of at least 4 members (excludes halogenated alkanes) is 1. The van der Waals surface area contributed by atoms with E-state index < -0.39 is 0 Å². The van der Waals surface area contributed by atoms with Crippen molar-refractivity contribution in [3.63, 3.8) is 0 Å². The first-order chi connectivity index (χ1) is 16.9. The number of piperidine rings is 1. The van der Waals surface area contributed by atoms with Crippen molar-refractivity contribution in [1.82, 2.24) is 15.1 Å². The van der Waals surface area contributed by atoms with E-state index in [2.05, 4.69) is 50.2 Å². The van der Waals surface area contributed by atoms with Crippen LogP contribution in [0.1, 0.15) is 69.2 Å². The van der Waals surface area contributed by atoms with Crippen molar-refractivity contribution < 1.29 is 14.3 Å². The van der Waals surface area contributed by atoms with Gasteiger partial charge < -0.3 is 15.0 Å². The van der Waals surface area contributed by atoms with Crippen molar-refractivity contribution in [1.29, 1.82) is 0 Å². The Labute approximate surface area is 210 Å². The van der Waals surface area contributed by atoms with Crippen LogP contribution in [0.2, 0.25) is 0 Å². The second kappa shape index (κ2) is 12.7. The van der Waals surface area contributed by atoms with Crippen molar-refractivity contribution in [2.75, 3.05) is 20.7 Å². The predicted molar refractivity (Wildman–Crippen MR) is 140 cm³/mol. The van der Waals surface area contributed by atoms with E-state index in [0.717, 1.165) is 30.5 Å². The Balaban J connectivity index is 1.84. The van der Waals surface area contributed by atoms with Crippen LogP contribution in [0.25, 0.3) is 0 Å². The fourth-order valence-electron chi connectivity index (χ4n) is 4.76. The highest BCUT2D eigenvalue weighted by Gasteiger charge is 2.41. The summed E-state index contributed by atoms with van der Waals surface area (Å²) in [4.78, 5) is 30.8. The van der Waals surface area contributed by atoms with Gasteiger partial charge in [0, 0.05) is 37.7 Å². The molecule has 6 heteroatoms. The van der Waals surface area contributed by atoms with E-state index in [-0.39, 0.29) is 23.8 Å². The molecule has 0 aromatic heterocycles. The maximum Gasteiger partial charge on any atom is 0.225 e. The van der Waals surface area contributed by atoms with Gasteiger partial charge in [-0.3, -0.25) is 14.5 Å². The molecular formula is C29H41N3O3. The molecule has 35 heavy (non-hydrogen) atoms. The number of methoxy groups -OCH3 is 1. The number of carbonyl (C=O) groups is 2. The van der Waals surface area contributed by atoms with Crippen molar-refractivity contribution in [3.8, 4) is 5.75 Å². The highest BCUT2D eigenvalue weighted by atomic mass is 16.5. The third-order valence-electron chi connectivity index (χ3n) is 7.13. The molecule has 1 aliphatic rings. The molecule has 2 aromatic rings. The topological polar surface area (TPSA) is 61.9 Å². The van der Waals surface area contributed by atoms with Gasteiger partial charge in [-0.25, -0.2) is 0 Å².